The Kier molecular flexibility index (Phi) is 6.05. The van der Waals surface area contributed by atoms with Gasteiger partial charge >= 0.3 is 0 Å². The average molecular weight is 273 g/mol. The van der Waals surface area contributed by atoms with E-state index in [2.05, 4.69) is 25.2 Å². The Morgan fingerprint density at radius 2 is 2.15 bits per heavy atom. The highest BCUT2D eigenvalue weighted by Crippen LogP contribution is 2.19. The van der Waals surface area contributed by atoms with Crippen LogP contribution in [-0.4, -0.2) is 30.9 Å². The van der Waals surface area contributed by atoms with Crippen LogP contribution in [0.1, 0.15) is 36.2 Å². The molecule has 0 fully saturated rings. The van der Waals surface area contributed by atoms with E-state index in [-0.39, 0.29) is 5.91 Å². The highest BCUT2D eigenvalue weighted by molar-refractivity contribution is 5.99. The van der Waals surface area contributed by atoms with Gasteiger partial charge in [-0.15, -0.1) is 0 Å². The van der Waals surface area contributed by atoms with Crippen molar-refractivity contribution in [3.05, 3.63) is 29.3 Å². The molecule has 0 heterocycles. The number of carbonyl (C=O) groups excluding carboxylic acids is 1. The van der Waals surface area contributed by atoms with Crippen LogP contribution in [0.15, 0.2) is 18.2 Å². The number of anilines is 1. The monoisotopic (exact) mass is 273 g/mol. The van der Waals surface area contributed by atoms with Crippen molar-refractivity contribution in [1.29, 1.82) is 5.26 Å². The molecular formula is C16H23N3O. The van der Waals surface area contributed by atoms with Crippen LogP contribution in [0.2, 0.25) is 0 Å². The van der Waals surface area contributed by atoms with Crippen molar-refractivity contribution in [2.24, 2.45) is 5.92 Å². The van der Waals surface area contributed by atoms with Gasteiger partial charge in [-0.1, -0.05) is 19.9 Å². The molecule has 20 heavy (non-hydrogen) atoms. The molecular weight excluding hydrogens is 250 g/mol. The molecule has 0 saturated carbocycles. The van der Waals surface area contributed by atoms with Crippen LogP contribution in [-0.2, 0) is 0 Å². The lowest BCUT2D eigenvalue weighted by Gasteiger charge is -2.25. The van der Waals surface area contributed by atoms with E-state index in [0.717, 1.165) is 11.3 Å². The van der Waals surface area contributed by atoms with Gasteiger partial charge < -0.3 is 10.2 Å². The van der Waals surface area contributed by atoms with Crippen molar-refractivity contribution >= 4 is 11.6 Å². The van der Waals surface area contributed by atoms with E-state index in [1.54, 1.807) is 4.90 Å². The van der Waals surface area contributed by atoms with Crippen molar-refractivity contribution in [3.8, 4) is 6.07 Å². The molecule has 108 valence electrons. The van der Waals surface area contributed by atoms with E-state index < -0.39 is 0 Å². The summed E-state index contributed by atoms with van der Waals surface area (Å²) in [7, 11) is 1.81. The molecule has 1 aromatic carbocycles. The molecule has 0 aliphatic rings. The lowest BCUT2D eigenvalue weighted by Crippen LogP contribution is -2.35. The molecule has 0 atom stereocenters. The molecule has 1 amide bonds. The number of benzene rings is 1. The zero-order chi connectivity index (χ0) is 15.1. The standard InChI is InChI=1S/C16H23N3O/c1-12(2)11-19(9-5-8-17)16(20)14-7-6-13(3)10-15(14)18-4/h6-7,10,12,18H,5,9,11H2,1-4H3. The van der Waals surface area contributed by atoms with E-state index in [9.17, 15) is 4.79 Å². The molecule has 0 saturated heterocycles. The highest BCUT2D eigenvalue weighted by Gasteiger charge is 2.19. The third-order valence-electron chi connectivity index (χ3n) is 3.04. The van der Waals surface area contributed by atoms with Crippen molar-refractivity contribution < 1.29 is 4.79 Å². The summed E-state index contributed by atoms with van der Waals surface area (Å²) in [6.07, 6.45) is 0.360. The Hall–Kier alpha value is -2.02. The van der Waals surface area contributed by atoms with Gasteiger partial charge in [-0.05, 0) is 30.5 Å². The van der Waals surface area contributed by atoms with Crippen LogP contribution in [0.5, 0.6) is 0 Å². The molecule has 1 rings (SSSR count). The van der Waals surface area contributed by atoms with Crippen molar-refractivity contribution in [3.63, 3.8) is 0 Å². The fraction of sp³-hybridized carbons (Fsp3) is 0.500. The van der Waals surface area contributed by atoms with Gasteiger partial charge in [0.05, 0.1) is 18.1 Å². The van der Waals surface area contributed by atoms with Gasteiger partial charge in [-0.25, -0.2) is 0 Å². The number of rotatable bonds is 6. The number of aryl methyl sites for hydroxylation is 1. The minimum absolute atomic E-state index is 0.0155. The van der Waals surface area contributed by atoms with Gasteiger partial charge in [0, 0.05) is 25.8 Å². The predicted molar refractivity (Wildman–Crippen MR) is 81.7 cm³/mol. The van der Waals surface area contributed by atoms with Gasteiger partial charge in [0.2, 0.25) is 0 Å². The van der Waals surface area contributed by atoms with Gasteiger partial charge in [0.15, 0.2) is 0 Å². The van der Waals surface area contributed by atoms with Gasteiger partial charge in [0.1, 0.15) is 0 Å². The average Bonchev–Trinajstić information content (AvgIpc) is 2.42. The van der Waals surface area contributed by atoms with Gasteiger partial charge in [-0.3, -0.25) is 4.79 Å². The van der Waals surface area contributed by atoms with Gasteiger partial charge in [-0.2, -0.15) is 5.26 Å². The summed E-state index contributed by atoms with van der Waals surface area (Å²) in [4.78, 5) is 14.4. The Morgan fingerprint density at radius 1 is 1.45 bits per heavy atom. The molecule has 0 unspecified atom stereocenters. The molecule has 0 aliphatic carbocycles. The molecule has 0 aromatic heterocycles. The van der Waals surface area contributed by atoms with Crippen LogP contribution < -0.4 is 5.32 Å². The summed E-state index contributed by atoms with van der Waals surface area (Å²) in [6, 6.07) is 7.86. The van der Waals surface area contributed by atoms with Gasteiger partial charge in [0.25, 0.3) is 5.91 Å². The molecule has 1 N–H and O–H groups in total. The molecule has 4 heteroatoms. The summed E-state index contributed by atoms with van der Waals surface area (Å²) in [6.45, 7) is 7.28. The van der Waals surface area contributed by atoms with Crippen molar-refractivity contribution in [2.45, 2.75) is 27.2 Å². The molecule has 0 spiro atoms. The second kappa shape index (κ2) is 7.54. The van der Waals surface area contributed by atoms with Crippen molar-refractivity contribution in [2.75, 3.05) is 25.5 Å². The number of hydrogen-bond donors (Lipinski definition) is 1. The SMILES string of the molecule is CNc1cc(C)ccc1C(=O)N(CCC#N)CC(C)C. The zero-order valence-electron chi connectivity index (χ0n) is 12.7. The van der Waals surface area contributed by atoms with Crippen LogP contribution in [0.3, 0.4) is 0 Å². The first-order valence-corrected chi connectivity index (χ1v) is 6.94. The summed E-state index contributed by atoms with van der Waals surface area (Å²) in [5, 5.41) is 11.8. The van der Waals surface area contributed by atoms with E-state index in [4.69, 9.17) is 5.26 Å². The summed E-state index contributed by atoms with van der Waals surface area (Å²) in [5.74, 6) is 0.361. The smallest absolute Gasteiger partial charge is 0.255 e. The van der Waals surface area contributed by atoms with Crippen molar-refractivity contribution in [1.82, 2.24) is 4.90 Å². The summed E-state index contributed by atoms with van der Waals surface area (Å²) in [5.41, 5.74) is 2.61. The van der Waals surface area contributed by atoms with Crippen LogP contribution in [0.4, 0.5) is 5.69 Å². The Bertz CT molecular complexity index is 503. The first-order valence-electron chi connectivity index (χ1n) is 6.94. The van der Waals surface area contributed by atoms with Crippen LogP contribution >= 0.6 is 0 Å². The van der Waals surface area contributed by atoms with Crippen LogP contribution in [0.25, 0.3) is 0 Å². The normalized spacial score (nSPS) is 10.2. The fourth-order valence-corrected chi connectivity index (χ4v) is 2.12. The number of carbonyl (C=O) groups is 1. The first-order chi connectivity index (χ1) is 9.49. The van der Waals surface area contributed by atoms with E-state index in [1.165, 1.54) is 0 Å². The maximum atomic E-state index is 12.7. The lowest BCUT2D eigenvalue weighted by atomic mass is 10.1. The zero-order valence-corrected chi connectivity index (χ0v) is 12.7. The van der Waals surface area contributed by atoms with Crippen LogP contribution in [0, 0.1) is 24.2 Å². The molecule has 4 nitrogen and oxygen atoms in total. The second-order valence-electron chi connectivity index (χ2n) is 5.35. The van der Waals surface area contributed by atoms with E-state index in [1.807, 2.05) is 32.2 Å². The number of nitriles is 1. The Morgan fingerprint density at radius 3 is 2.70 bits per heavy atom. The second-order valence-corrected chi connectivity index (χ2v) is 5.35. The maximum Gasteiger partial charge on any atom is 0.255 e. The summed E-state index contributed by atoms with van der Waals surface area (Å²) < 4.78 is 0. The minimum atomic E-state index is -0.0155. The highest BCUT2D eigenvalue weighted by atomic mass is 16.2. The minimum Gasteiger partial charge on any atom is -0.387 e. The Balaban J connectivity index is 3.02. The molecule has 0 radical (unpaired) electrons. The lowest BCUT2D eigenvalue weighted by molar-refractivity contribution is 0.0741. The molecule has 1 aromatic rings. The number of nitrogens with zero attached hydrogens (tertiary/aromatic N) is 2. The maximum absolute atomic E-state index is 12.7. The van der Waals surface area contributed by atoms with E-state index >= 15 is 0 Å². The quantitative estimate of drug-likeness (QED) is 0.866. The number of hydrogen-bond acceptors (Lipinski definition) is 3. The summed E-state index contributed by atoms with van der Waals surface area (Å²) >= 11 is 0. The van der Waals surface area contributed by atoms with E-state index in [0.29, 0.717) is 31.0 Å². The Labute approximate surface area is 121 Å². The third kappa shape index (κ3) is 4.27. The topological polar surface area (TPSA) is 56.1 Å². The number of nitrogens with one attached hydrogen (secondary N) is 1. The fourth-order valence-electron chi connectivity index (χ4n) is 2.12. The third-order valence-corrected chi connectivity index (χ3v) is 3.04. The molecule has 0 bridgehead atoms. The number of amides is 1. The predicted octanol–water partition coefficient (Wildman–Crippen LogP) is 3.05. The largest absolute Gasteiger partial charge is 0.387 e. The molecule has 0 aliphatic heterocycles. The first kappa shape index (κ1) is 16.0.